The topological polar surface area (TPSA) is 59.4 Å². The molecule has 26 heavy (non-hydrogen) atoms. The number of aryl methyl sites for hydroxylation is 2. The molecular formula is C19H25FN4O2. The van der Waals surface area contributed by atoms with Gasteiger partial charge in [-0.25, -0.2) is 4.39 Å². The summed E-state index contributed by atoms with van der Waals surface area (Å²) in [5.74, 6) is -0.317. The summed E-state index contributed by atoms with van der Waals surface area (Å²) in [6.45, 7) is 5.43. The first-order valence-corrected chi connectivity index (χ1v) is 8.84. The van der Waals surface area contributed by atoms with Crippen LogP contribution in [-0.2, 0) is 35.7 Å². The molecular weight excluding hydrogens is 335 g/mol. The van der Waals surface area contributed by atoms with Crippen molar-refractivity contribution in [2.45, 2.75) is 39.5 Å². The minimum Gasteiger partial charge on any atom is -0.375 e. The number of fused-ring (bicyclic) bond motifs is 1. The Bertz CT molecular complexity index is 775. The van der Waals surface area contributed by atoms with Gasteiger partial charge >= 0.3 is 0 Å². The maximum atomic E-state index is 14.1. The van der Waals surface area contributed by atoms with Gasteiger partial charge in [-0.1, -0.05) is 17.7 Å². The molecule has 1 aliphatic heterocycles. The van der Waals surface area contributed by atoms with Crippen molar-refractivity contribution in [1.29, 1.82) is 0 Å². The van der Waals surface area contributed by atoms with Gasteiger partial charge in [0.05, 0.1) is 17.9 Å². The summed E-state index contributed by atoms with van der Waals surface area (Å²) >= 11 is 0. The summed E-state index contributed by atoms with van der Waals surface area (Å²) in [7, 11) is 1.49. The Kier molecular flexibility index (Phi) is 6.00. The first kappa shape index (κ1) is 18.5. The van der Waals surface area contributed by atoms with E-state index < -0.39 is 0 Å². The third-order valence-corrected chi connectivity index (χ3v) is 4.48. The number of ether oxygens (including phenoxy) is 1. The van der Waals surface area contributed by atoms with Crippen molar-refractivity contribution in [2.75, 3.05) is 20.3 Å². The SMILES string of the molecule is COCC(=O)NCc1cc2n(n1)CCCN(Cc1cc(C)ccc1F)C2. The number of rotatable bonds is 6. The van der Waals surface area contributed by atoms with Crippen LogP contribution in [0.25, 0.3) is 0 Å². The van der Waals surface area contributed by atoms with Gasteiger partial charge in [-0.3, -0.25) is 14.4 Å². The van der Waals surface area contributed by atoms with Crippen molar-refractivity contribution in [2.24, 2.45) is 0 Å². The van der Waals surface area contributed by atoms with Crippen molar-refractivity contribution < 1.29 is 13.9 Å². The largest absolute Gasteiger partial charge is 0.375 e. The number of methoxy groups -OCH3 is 1. The number of carbonyl (C=O) groups is 1. The predicted molar refractivity (Wildman–Crippen MR) is 95.8 cm³/mol. The molecule has 0 atom stereocenters. The maximum Gasteiger partial charge on any atom is 0.246 e. The molecule has 1 aromatic heterocycles. The quantitative estimate of drug-likeness (QED) is 0.856. The van der Waals surface area contributed by atoms with E-state index in [1.165, 1.54) is 13.2 Å². The van der Waals surface area contributed by atoms with E-state index in [0.29, 0.717) is 19.6 Å². The van der Waals surface area contributed by atoms with E-state index in [4.69, 9.17) is 4.74 Å². The standard InChI is InChI=1S/C19H25FN4O2/c1-14-4-5-18(20)15(8-14)11-23-6-3-7-24-17(12-23)9-16(22-24)10-21-19(25)13-26-2/h4-5,8-9H,3,6-7,10-13H2,1-2H3,(H,21,25). The second kappa shape index (κ2) is 8.42. The molecule has 0 aliphatic carbocycles. The number of halogens is 1. The van der Waals surface area contributed by atoms with Crippen LogP contribution in [0.4, 0.5) is 4.39 Å². The fourth-order valence-electron chi connectivity index (χ4n) is 3.25. The number of aromatic nitrogens is 2. The average Bonchev–Trinajstić information content (AvgIpc) is 2.89. The Morgan fingerprint density at radius 1 is 1.35 bits per heavy atom. The zero-order chi connectivity index (χ0) is 18.5. The molecule has 0 spiro atoms. The highest BCUT2D eigenvalue weighted by Crippen LogP contribution is 2.18. The minimum absolute atomic E-state index is 0.0450. The van der Waals surface area contributed by atoms with Crippen LogP contribution in [0.2, 0.25) is 0 Å². The van der Waals surface area contributed by atoms with E-state index >= 15 is 0 Å². The van der Waals surface area contributed by atoms with Crippen molar-refractivity contribution in [3.05, 3.63) is 52.6 Å². The number of nitrogens with one attached hydrogen (secondary N) is 1. The Balaban J connectivity index is 1.66. The molecule has 0 unspecified atom stereocenters. The zero-order valence-corrected chi connectivity index (χ0v) is 15.3. The normalized spacial score (nSPS) is 14.7. The molecule has 0 saturated heterocycles. The van der Waals surface area contributed by atoms with Crippen LogP contribution >= 0.6 is 0 Å². The third-order valence-electron chi connectivity index (χ3n) is 4.48. The van der Waals surface area contributed by atoms with Crippen LogP contribution in [0.3, 0.4) is 0 Å². The summed E-state index contributed by atoms with van der Waals surface area (Å²) in [5.41, 5.74) is 3.71. The highest BCUT2D eigenvalue weighted by Gasteiger charge is 2.18. The van der Waals surface area contributed by atoms with Crippen LogP contribution < -0.4 is 5.32 Å². The van der Waals surface area contributed by atoms with E-state index in [0.717, 1.165) is 42.0 Å². The predicted octanol–water partition coefficient (Wildman–Crippen LogP) is 2.00. The highest BCUT2D eigenvalue weighted by atomic mass is 19.1. The smallest absolute Gasteiger partial charge is 0.246 e. The van der Waals surface area contributed by atoms with Gasteiger partial charge < -0.3 is 10.1 Å². The monoisotopic (exact) mass is 360 g/mol. The van der Waals surface area contributed by atoms with E-state index in [9.17, 15) is 9.18 Å². The number of amides is 1. The number of nitrogens with zero attached hydrogens (tertiary/aromatic N) is 3. The second-order valence-corrected chi connectivity index (χ2v) is 6.72. The van der Waals surface area contributed by atoms with Crippen LogP contribution in [-0.4, -0.2) is 40.8 Å². The van der Waals surface area contributed by atoms with Crippen molar-refractivity contribution >= 4 is 5.91 Å². The lowest BCUT2D eigenvalue weighted by molar-refractivity contribution is -0.124. The number of carbonyl (C=O) groups excluding carboxylic acids is 1. The summed E-state index contributed by atoms with van der Waals surface area (Å²) in [5, 5.41) is 7.36. The van der Waals surface area contributed by atoms with Gasteiger partial charge in [0.2, 0.25) is 5.91 Å². The lowest BCUT2D eigenvalue weighted by Crippen LogP contribution is -2.26. The van der Waals surface area contributed by atoms with E-state index in [1.807, 2.05) is 23.7 Å². The van der Waals surface area contributed by atoms with Gasteiger partial charge in [-0.15, -0.1) is 0 Å². The molecule has 3 rings (SSSR count). The Morgan fingerprint density at radius 3 is 3.00 bits per heavy atom. The fourth-order valence-corrected chi connectivity index (χ4v) is 3.25. The number of benzene rings is 1. The summed E-state index contributed by atoms with van der Waals surface area (Å²) in [6.07, 6.45) is 0.956. The van der Waals surface area contributed by atoms with Crippen molar-refractivity contribution in [1.82, 2.24) is 20.0 Å². The molecule has 0 saturated carbocycles. The molecule has 6 nitrogen and oxygen atoms in total. The zero-order valence-electron chi connectivity index (χ0n) is 15.3. The molecule has 0 fully saturated rings. The highest BCUT2D eigenvalue weighted by molar-refractivity contribution is 5.77. The first-order valence-electron chi connectivity index (χ1n) is 8.84. The molecule has 2 heterocycles. The second-order valence-electron chi connectivity index (χ2n) is 6.72. The lowest BCUT2D eigenvalue weighted by Gasteiger charge is -2.20. The molecule has 0 bridgehead atoms. The van der Waals surface area contributed by atoms with Crippen molar-refractivity contribution in [3.8, 4) is 0 Å². The third kappa shape index (κ3) is 4.68. The van der Waals surface area contributed by atoms with Gasteiger partial charge in [0.25, 0.3) is 0 Å². The van der Waals surface area contributed by atoms with Crippen LogP contribution in [0.1, 0.15) is 28.9 Å². The van der Waals surface area contributed by atoms with Gasteiger partial charge in [-0.2, -0.15) is 5.10 Å². The average molecular weight is 360 g/mol. The minimum atomic E-state index is -0.160. The van der Waals surface area contributed by atoms with Crippen LogP contribution in [0.5, 0.6) is 0 Å². The number of hydrogen-bond donors (Lipinski definition) is 1. The molecule has 1 aliphatic rings. The van der Waals surface area contributed by atoms with Crippen molar-refractivity contribution in [3.63, 3.8) is 0 Å². The Hall–Kier alpha value is -2.25. The Labute approximate surface area is 152 Å². The molecule has 1 aromatic carbocycles. The summed E-state index contributed by atoms with van der Waals surface area (Å²) in [4.78, 5) is 13.8. The summed E-state index contributed by atoms with van der Waals surface area (Å²) < 4.78 is 20.9. The number of hydrogen-bond acceptors (Lipinski definition) is 4. The maximum absolute atomic E-state index is 14.1. The van der Waals surface area contributed by atoms with Gasteiger partial charge in [-0.05, 0) is 25.5 Å². The van der Waals surface area contributed by atoms with Gasteiger partial charge in [0.1, 0.15) is 12.4 Å². The molecule has 0 radical (unpaired) electrons. The van der Waals surface area contributed by atoms with E-state index in [1.54, 1.807) is 6.07 Å². The molecule has 1 N–H and O–H groups in total. The molecule has 1 amide bonds. The fraction of sp³-hybridized carbons (Fsp3) is 0.474. The van der Waals surface area contributed by atoms with Gasteiger partial charge in [0.15, 0.2) is 0 Å². The molecule has 7 heteroatoms. The van der Waals surface area contributed by atoms with E-state index in [-0.39, 0.29) is 18.3 Å². The van der Waals surface area contributed by atoms with Crippen LogP contribution in [0.15, 0.2) is 24.3 Å². The lowest BCUT2D eigenvalue weighted by atomic mass is 10.1. The summed E-state index contributed by atoms with van der Waals surface area (Å²) in [6, 6.07) is 7.25. The Morgan fingerprint density at radius 2 is 2.19 bits per heavy atom. The van der Waals surface area contributed by atoms with E-state index in [2.05, 4.69) is 15.3 Å². The molecule has 2 aromatic rings. The van der Waals surface area contributed by atoms with Crippen LogP contribution in [0, 0.1) is 12.7 Å². The van der Waals surface area contributed by atoms with Gasteiger partial charge in [0, 0.05) is 38.9 Å². The first-order chi connectivity index (χ1) is 12.5. The molecule has 140 valence electrons.